The number of aryl methyl sites for hydroxylation is 3. The highest BCUT2D eigenvalue weighted by atomic mass is 16.5. The number of imidazole rings is 1. The molecule has 24 heavy (non-hydrogen) atoms. The Kier molecular flexibility index (Phi) is 4.94. The molecular formula is C20H22N2O2. The van der Waals surface area contributed by atoms with Crippen molar-refractivity contribution in [3.8, 4) is 5.75 Å². The standard InChI is InChI=1S/C20H22N2O2/c1-15-9-10-16(2)19(13-15)24-12-6-5-11-22-18-8-4-3-7-17(18)21-20(22)14-23/h3-4,7-10,13-14H,5-6,11-12H2,1-2H3. The molecule has 1 heterocycles. The molecule has 0 fully saturated rings. The zero-order valence-electron chi connectivity index (χ0n) is 14.2. The fourth-order valence-electron chi connectivity index (χ4n) is 2.84. The van der Waals surface area contributed by atoms with Crippen LogP contribution in [0.3, 0.4) is 0 Å². The average molecular weight is 322 g/mol. The largest absolute Gasteiger partial charge is 0.493 e. The zero-order valence-corrected chi connectivity index (χ0v) is 14.2. The molecule has 0 aliphatic heterocycles. The number of aldehydes is 1. The first-order valence-electron chi connectivity index (χ1n) is 8.29. The number of hydrogen-bond acceptors (Lipinski definition) is 3. The van der Waals surface area contributed by atoms with Gasteiger partial charge in [-0.3, -0.25) is 4.79 Å². The molecule has 0 saturated carbocycles. The summed E-state index contributed by atoms with van der Waals surface area (Å²) < 4.78 is 7.87. The minimum Gasteiger partial charge on any atom is -0.493 e. The summed E-state index contributed by atoms with van der Waals surface area (Å²) in [5.41, 5.74) is 4.24. The number of nitrogens with zero attached hydrogens (tertiary/aromatic N) is 2. The lowest BCUT2D eigenvalue weighted by Gasteiger charge is -2.10. The van der Waals surface area contributed by atoms with Crippen molar-refractivity contribution in [1.82, 2.24) is 9.55 Å². The summed E-state index contributed by atoms with van der Waals surface area (Å²) in [5.74, 6) is 1.45. The normalized spacial score (nSPS) is 10.9. The number of carbonyl (C=O) groups excluding carboxylic acids is 1. The first-order chi connectivity index (χ1) is 11.7. The SMILES string of the molecule is Cc1ccc(C)c(OCCCCn2c(C=O)nc3ccccc32)c1. The lowest BCUT2D eigenvalue weighted by Crippen LogP contribution is -2.06. The fourth-order valence-corrected chi connectivity index (χ4v) is 2.84. The van der Waals surface area contributed by atoms with Crippen LogP contribution in [0.4, 0.5) is 0 Å². The van der Waals surface area contributed by atoms with E-state index in [4.69, 9.17) is 4.74 Å². The first kappa shape index (κ1) is 16.2. The summed E-state index contributed by atoms with van der Waals surface area (Å²) in [5, 5.41) is 0. The van der Waals surface area contributed by atoms with Crippen LogP contribution in [0.1, 0.15) is 34.6 Å². The molecule has 3 rings (SSSR count). The van der Waals surface area contributed by atoms with Gasteiger partial charge in [0, 0.05) is 6.54 Å². The number of unbranched alkanes of at least 4 members (excludes halogenated alkanes) is 1. The Morgan fingerprint density at radius 1 is 1.12 bits per heavy atom. The van der Waals surface area contributed by atoms with E-state index in [1.54, 1.807) is 0 Å². The molecule has 1 aromatic heterocycles. The third-order valence-electron chi connectivity index (χ3n) is 4.17. The molecule has 0 aliphatic carbocycles. The van der Waals surface area contributed by atoms with Crippen LogP contribution >= 0.6 is 0 Å². The maximum Gasteiger partial charge on any atom is 0.185 e. The third-order valence-corrected chi connectivity index (χ3v) is 4.17. The fraction of sp³-hybridized carbons (Fsp3) is 0.300. The molecule has 0 aliphatic rings. The van der Waals surface area contributed by atoms with Crippen LogP contribution in [0.25, 0.3) is 11.0 Å². The smallest absolute Gasteiger partial charge is 0.185 e. The molecular weight excluding hydrogens is 300 g/mol. The number of benzene rings is 2. The van der Waals surface area contributed by atoms with Crippen molar-refractivity contribution >= 4 is 17.3 Å². The highest BCUT2D eigenvalue weighted by Gasteiger charge is 2.09. The van der Waals surface area contributed by atoms with Crippen LogP contribution in [0.15, 0.2) is 42.5 Å². The van der Waals surface area contributed by atoms with E-state index in [0.717, 1.165) is 48.0 Å². The van der Waals surface area contributed by atoms with E-state index in [1.165, 1.54) is 5.56 Å². The molecule has 0 atom stereocenters. The van der Waals surface area contributed by atoms with Crippen LogP contribution in [0, 0.1) is 13.8 Å². The lowest BCUT2D eigenvalue weighted by molar-refractivity contribution is 0.111. The van der Waals surface area contributed by atoms with Crippen molar-refractivity contribution in [2.45, 2.75) is 33.2 Å². The summed E-state index contributed by atoms with van der Waals surface area (Å²) in [6.07, 6.45) is 2.69. The van der Waals surface area contributed by atoms with Crippen LogP contribution < -0.4 is 4.74 Å². The van der Waals surface area contributed by atoms with Gasteiger partial charge in [0.15, 0.2) is 12.1 Å². The van der Waals surface area contributed by atoms with Crippen molar-refractivity contribution < 1.29 is 9.53 Å². The Morgan fingerprint density at radius 3 is 2.79 bits per heavy atom. The molecule has 0 bridgehead atoms. The molecule has 4 heteroatoms. The van der Waals surface area contributed by atoms with E-state index < -0.39 is 0 Å². The Bertz CT molecular complexity index is 852. The number of para-hydroxylation sites is 2. The lowest BCUT2D eigenvalue weighted by atomic mass is 10.1. The Labute approximate surface area is 142 Å². The summed E-state index contributed by atoms with van der Waals surface area (Å²) in [4.78, 5) is 15.6. The van der Waals surface area contributed by atoms with Gasteiger partial charge in [-0.25, -0.2) is 4.98 Å². The minimum atomic E-state index is 0.492. The molecule has 0 radical (unpaired) electrons. The number of carbonyl (C=O) groups is 1. The van der Waals surface area contributed by atoms with Gasteiger partial charge < -0.3 is 9.30 Å². The summed E-state index contributed by atoms with van der Waals surface area (Å²) in [6.45, 7) is 5.57. The van der Waals surface area contributed by atoms with E-state index in [-0.39, 0.29) is 0 Å². The van der Waals surface area contributed by atoms with Gasteiger partial charge in [0.2, 0.25) is 0 Å². The molecule has 4 nitrogen and oxygen atoms in total. The maximum absolute atomic E-state index is 11.2. The minimum absolute atomic E-state index is 0.492. The number of aromatic nitrogens is 2. The van der Waals surface area contributed by atoms with Gasteiger partial charge in [-0.15, -0.1) is 0 Å². The van der Waals surface area contributed by atoms with Crippen molar-refractivity contribution in [2.24, 2.45) is 0 Å². The summed E-state index contributed by atoms with van der Waals surface area (Å²) >= 11 is 0. The Balaban J connectivity index is 1.57. The second-order valence-electron chi connectivity index (χ2n) is 6.05. The Hall–Kier alpha value is -2.62. The van der Waals surface area contributed by atoms with Gasteiger partial charge in [0.1, 0.15) is 5.75 Å². The van der Waals surface area contributed by atoms with Crippen molar-refractivity contribution in [3.63, 3.8) is 0 Å². The number of fused-ring (bicyclic) bond motifs is 1. The molecule has 0 unspecified atom stereocenters. The van der Waals surface area contributed by atoms with E-state index in [2.05, 4.69) is 37.0 Å². The van der Waals surface area contributed by atoms with Gasteiger partial charge in [0.05, 0.1) is 17.6 Å². The highest BCUT2D eigenvalue weighted by Crippen LogP contribution is 2.20. The van der Waals surface area contributed by atoms with E-state index in [0.29, 0.717) is 12.4 Å². The second kappa shape index (κ2) is 7.30. The zero-order chi connectivity index (χ0) is 16.9. The summed E-state index contributed by atoms with van der Waals surface area (Å²) in [6, 6.07) is 14.1. The maximum atomic E-state index is 11.2. The molecule has 0 spiro atoms. The van der Waals surface area contributed by atoms with Crippen LogP contribution in [-0.2, 0) is 6.54 Å². The van der Waals surface area contributed by atoms with E-state index in [1.807, 2.05) is 28.8 Å². The quantitative estimate of drug-likeness (QED) is 0.480. The van der Waals surface area contributed by atoms with Gasteiger partial charge in [-0.2, -0.15) is 0 Å². The number of hydrogen-bond donors (Lipinski definition) is 0. The van der Waals surface area contributed by atoms with Crippen LogP contribution in [0.2, 0.25) is 0 Å². The van der Waals surface area contributed by atoms with Gasteiger partial charge in [-0.05, 0) is 56.0 Å². The number of rotatable bonds is 7. The molecule has 0 N–H and O–H groups in total. The van der Waals surface area contributed by atoms with Gasteiger partial charge in [0.25, 0.3) is 0 Å². The predicted molar refractivity (Wildman–Crippen MR) is 95.8 cm³/mol. The van der Waals surface area contributed by atoms with Crippen molar-refractivity contribution in [1.29, 1.82) is 0 Å². The van der Waals surface area contributed by atoms with Crippen LogP contribution in [0.5, 0.6) is 5.75 Å². The molecule has 0 amide bonds. The first-order valence-corrected chi connectivity index (χ1v) is 8.29. The van der Waals surface area contributed by atoms with Crippen molar-refractivity contribution in [2.75, 3.05) is 6.61 Å². The molecule has 124 valence electrons. The topological polar surface area (TPSA) is 44.1 Å². The number of ether oxygens (including phenoxy) is 1. The predicted octanol–water partition coefficient (Wildman–Crippen LogP) is 4.32. The van der Waals surface area contributed by atoms with Gasteiger partial charge >= 0.3 is 0 Å². The highest BCUT2D eigenvalue weighted by molar-refractivity contribution is 5.82. The Morgan fingerprint density at radius 2 is 1.96 bits per heavy atom. The third kappa shape index (κ3) is 3.48. The molecule has 2 aromatic carbocycles. The van der Waals surface area contributed by atoms with E-state index in [9.17, 15) is 4.79 Å². The average Bonchev–Trinajstić information content (AvgIpc) is 2.95. The summed E-state index contributed by atoms with van der Waals surface area (Å²) in [7, 11) is 0. The second-order valence-corrected chi connectivity index (χ2v) is 6.05. The van der Waals surface area contributed by atoms with Crippen LogP contribution in [-0.4, -0.2) is 22.4 Å². The monoisotopic (exact) mass is 322 g/mol. The molecule has 0 saturated heterocycles. The molecule has 3 aromatic rings. The van der Waals surface area contributed by atoms with Crippen molar-refractivity contribution in [3.05, 3.63) is 59.4 Å². The van der Waals surface area contributed by atoms with E-state index >= 15 is 0 Å². The van der Waals surface area contributed by atoms with Gasteiger partial charge in [-0.1, -0.05) is 24.3 Å².